The minimum Gasteiger partial charge on any atom is -0.491 e. The first-order valence-electron chi connectivity index (χ1n) is 11.7. The number of amides is 2. The maximum Gasteiger partial charge on any atom is 0.356 e. The van der Waals surface area contributed by atoms with Gasteiger partial charge in [0.1, 0.15) is 5.75 Å². The monoisotopic (exact) mass is 484 g/mol. The van der Waals surface area contributed by atoms with E-state index in [1.54, 1.807) is 6.07 Å². The van der Waals surface area contributed by atoms with Crippen molar-refractivity contribution in [1.29, 1.82) is 0 Å². The van der Waals surface area contributed by atoms with Crippen LogP contribution >= 0.6 is 12.2 Å². The van der Waals surface area contributed by atoms with Crippen LogP contribution in [0.2, 0.25) is 0 Å². The zero-order valence-corrected chi connectivity index (χ0v) is 20.5. The van der Waals surface area contributed by atoms with Gasteiger partial charge in [-0.05, 0) is 79.7 Å². The summed E-state index contributed by atoms with van der Waals surface area (Å²) in [5.41, 5.74) is 4.60. The lowest BCUT2D eigenvalue weighted by molar-refractivity contribution is 0.259. The Morgan fingerprint density at radius 2 is 1.70 bits per heavy atom. The van der Waals surface area contributed by atoms with E-state index in [1.807, 2.05) is 18.2 Å². The lowest BCUT2D eigenvalue weighted by atomic mass is 10.1. The van der Waals surface area contributed by atoms with Crippen molar-refractivity contribution in [2.45, 2.75) is 57.8 Å². The third-order valence-electron chi connectivity index (χ3n) is 5.68. The summed E-state index contributed by atoms with van der Waals surface area (Å²) in [6.45, 7) is 1.50. The summed E-state index contributed by atoms with van der Waals surface area (Å²) in [5.74, 6) is 0.639. The molecular weight excluding hydrogens is 452 g/mol. The third-order valence-corrected chi connectivity index (χ3v) is 6.09. The van der Waals surface area contributed by atoms with Crippen molar-refractivity contribution in [3.8, 4) is 5.75 Å². The molecule has 0 unspecified atom stereocenters. The molecule has 0 radical (unpaired) electrons. The predicted molar refractivity (Wildman–Crippen MR) is 141 cm³/mol. The predicted octanol–water partition coefficient (Wildman–Crippen LogP) is 6.14. The van der Waals surface area contributed by atoms with E-state index >= 15 is 0 Å². The van der Waals surface area contributed by atoms with Crippen LogP contribution in [0.1, 0.15) is 56.1 Å². The second-order valence-electron chi connectivity index (χ2n) is 8.21. The van der Waals surface area contributed by atoms with Crippen molar-refractivity contribution in [2.24, 2.45) is 4.36 Å². The number of benzene rings is 2. The molecule has 0 atom stereocenters. The molecule has 2 amide bonds. The zero-order valence-electron chi connectivity index (χ0n) is 18.9. The molecule has 1 aliphatic carbocycles. The van der Waals surface area contributed by atoms with Crippen LogP contribution in [0.3, 0.4) is 0 Å². The molecule has 3 rings (SSSR count). The number of para-hydroxylation sites is 2. The van der Waals surface area contributed by atoms with Crippen molar-refractivity contribution in [2.75, 3.05) is 23.8 Å². The van der Waals surface area contributed by atoms with E-state index in [0.717, 1.165) is 31.5 Å². The van der Waals surface area contributed by atoms with Gasteiger partial charge in [0, 0.05) is 24.7 Å². The first-order chi connectivity index (χ1) is 16.2. The van der Waals surface area contributed by atoms with Crippen LogP contribution in [0.15, 0.2) is 46.8 Å². The molecule has 2 aromatic rings. The van der Waals surface area contributed by atoms with Crippen LogP contribution in [-0.2, 0) is 25.3 Å². The van der Waals surface area contributed by atoms with Gasteiger partial charge in [-0.1, -0.05) is 43.9 Å². The Labute approximate surface area is 207 Å². The van der Waals surface area contributed by atoms with E-state index in [4.69, 9.17) is 17.0 Å². The smallest absolute Gasteiger partial charge is 0.356 e. The van der Waals surface area contributed by atoms with Crippen molar-refractivity contribution in [1.82, 2.24) is 5.32 Å². The van der Waals surface area contributed by atoms with Crippen molar-refractivity contribution in [3.63, 3.8) is 0 Å². The van der Waals surface area contributed by atoms with E-state index in [0.29, 0.717) is 23.2 Å². The highest BCUT2D eigenvalue weighted by atomic mass is 32.1. The van der Waals surface area contributed by atoms with Crippen LogP contribution < -0.4 is 20.7 Å². The number of nitrogens with zero attached hydrogens (tertiary/aromatic N) is 1. The van der Waals surface area contributed by atoms with Gasteiger partial charge in [-0.15, -0.1) is 4.36 Å². The molecule has 2 aromatic carbocycles. The molecular formula is C25H32N4O2S2. The van der Waals surface area contributed by atoms with Gasteiger partial charge in [-0.2, -0.15) is 0 Å². The summed E-state index contributed by atoms with van der Waals surface area (Å²) >= 11 is 9.82. The second-order valence-corrected chi connectivity index (χ2v) is 8.80. The number of urea groups is 1. The lowest BCUT2D eigenvalue weighted by Gasteiger charge is -2.12. The van der Waals surface area contributed by atoms with Gasteiger partial charge in [0.15, 0.2) is 5.11 Å². The Morgan fingerprint density at radius 3 is 2.55 bits per heavy atom. The minimum absolute atomic E-state index is 0.560. The standard InChI is InChI=1S/C25H32N4O2S2/c30-24(29-33)28-22-12-5-6-13-23(22)31-17-8-4-2-1-3-7-16-26-25(32)27-21-15-14-19-10-9-11-20(19)18-21/h5-6,12-15,18H,1-4,7-11,16-17H2,(H,28,30)(H2,26,27,32). The molecule has 0 aromatic heterocycles. The average Bonchev–Trinajstić information content (AvgIpc) is 3.29. The van der Waals surface area contributed by atoms with Gasteiger partial charge in [-0.25, -0.2) is 4.79 Å². The Bertz CT molecular complexity index is 952. The number of rotatable bonds is 12. The van der Waals surface area contributed by atoms with E-state index in [2.05, 4.69) is 50.9 Å². The molecule has 33 heavy (non-hydrogen) atoms. The number of fused-ring (bicyclic) bond motifs is 1. The quantitative estimate of drug-likeness (QED) is 0.248. The van der Waals surface area contributed by atoms with Gasteiger partial charge in [0.2, 0.25) is 0 Å². The van der Waals surface area contributed by atoms with Gasteiger partial charge in [-0.3, -0.25) is 0 Å². The summed E-state index contributed by atoms with van der Waals surface area (Å²) in [6.07, 6.45) is 10.4. The fourth-order valence-corrected chi connectivity index (χ4v) is 4.24. The molecule has 3 N–H and O–H groups in total. The highest BCUT2D eigenvalue weighted by Crippen LogP contribution is 2.25. The maximum absolute atomic E-state index is 11.4. The van der Waals surface area contributed by atoms with E-state index in [-0.39, 0.29) is 0 Å². The lowest BCUT2D eigenvalue weighted by Crippen LogP contribution is -2.29. The number of carbonyl (C=O) groups excluding carboxylic acids is 1. The SMILES string of the molecule is O=C(N=S)Nc1ccccc1OCCCCCCCCNC(=S)Nc1ccc2c(c1)CCC2. The number of aryl methyl sites for hydroxylation is 2. The van der Waals surface area contributed by atoms with E-state index < -0.39 is 6.03 Å². The summed E-state index contributed by atoms with van der Waals surface area (Å²) < 4.78 is 8.98. The van der Waals surface area contributed by atoms with Gasteiger partial charge >= 0.3 is 6.03 Å². The van der Waals surface area contributed by atoms with Crippen molar-refractivity contribution < 1.29 is 9.53 Å². The third kappa shape index (κ3) is 8.70. The Balaban J connectivity index is 1.19. The van der Waals surface area contributed by atoms with Crippen molar-refractivity contribution >= 4 is 47.2 Å². The molecule has 0 saturated carbocycles. The van der Waals surface area contributed by atoms with Crippen LogP contribution in [0.25, 0.3) is 0 Å². The average molecular weight is 485 g/mol. The number of carbonyl (C=O) groups is 1. The van der Waals surface area contributed by atoms with Crippen molar-refractivity contribution in [3.05, 3.63) is 53.6 Å². The first-order valence-corrected chi connectivity index (χ1v) is 12.5. The molecule has 0 saturated heterocycles. The number of unbranched alkanes of at least 4 members (excludes halogenated alkanes) is 5. The highest BCUT2D eigenvalue weighted by Gasteiger charge is 2.11. The summed E-state index contributed by atoms with van der Waals surface area (Å²) in [7, 11) is 0. The number of hydrogen-bond acceptors (Lipinski definition) is 4. The molecule has 8 heteroatoms. The minimum atomic E-state index is -0.560. The summed E-state index contributed by atoms with van der Waals surface area (Å²) in [4.78, 5) is 11.4. The molecule has 0 bridgehead atoms. The summed E-state index contributed by atoms with van der Waals surface area (Å²) in [5, 5.41) is 9.92. The number of hydrogen-bond donors (Lipinski definition) is 3. The fourth-order valence-electron chi connectivity index (χ4n) is 3.98. The number of nitrogens with one attached hydrogen (secondary N) is 3. The molecule has 176 valence electrons. The molecule has 6 nitrogen and oxygen atoms in total. The summed E-state index contributed by atoms with van der Waals surface area (Å²) in [6, 6.07) is 13.3. The fraction of sp³-hybridized carbons (Fsp3) is 0.440. The number of anilines is 2. The van der Waals surface area contributed by atoms with Crippen LogP contribution in [-0.4, -0.2) is 24.3 Å². The second kappa shape index (κ2) is 13.9. The largest absolute Gasteiger partial charge is 0.491 e. The first kappa shape index (κ1) is 25.1. The Kier molecular flexibility index (Phi) is 10.5. The van der Waals surface area contributed by atoms with E-state index in [9.17, 15) is 4.79 Å². The van der Waals surface area contributed by atoms with Crippen LogP contribution in [0.4, 0.5) is 16.2 Å². The molecule has 0 heterocycles. The number of thiocarbonyl (C=S) groups is 1. The Hall–Kier alpha value is -2.58. The zero-order chi connectivity index (χ0) is 23.3. The number of ether oxygens (including phenoxy) is 1. The van der Waals surface area contributed by atoms with Crippen LogP contribution in [0.5, 0.6) is 5.75 Å². The Morgan fingerprint density at radius 1 is 0.939 bits per heavy atom. The molecule has 0 fully saturated rings. The molecule has 0 spiro atoms. The van der Waals surface area contributed by atoms with Gasteiger partial charge in [0.25, 0.3) is 0 Å². The molecule has 0 aliphatic heterocycles. The normalized spacial score (nSPS) is 12.0. The van der Waals surface area contributed by atoms with Gasteiger partial charge in [0.05, 0.1) is 12.3 Å². The maximum atomic E-state index is 11.4. The van der Waals surface area contributed by atoms with E-state index in [1.165, 1.54) is 49.7 Å². The topological polar surface area (TPSA) is 74.8 Å². The van der Waals surface area contributed by atoms with Crippen LogP contribution in [0, 0.1) is 0 Å². The molecule has 1 aliphatic rings. The highest BCUT2D eigenvalue weighted by molar-refractivity contribution is 7.80. The van der Waals surface area contributed by atoms with Gasteiger partial charge < -0.3 is 20.7 Å².